The molecule has 0 saturated carbocycles. The van der Waals surface area contributed by atoms with Crippen molar-refractivity contribution in [2.24, 2.45) is 0 Å². The first-order valence-corrected chi connectivity index (χ1v) is 20.2. The van der Waals surface area contributed by atoms with E-state index in [1.165, 1.54) is 53.9 Å². The van der Waals surface area contributed by atoms with Crippen LogP contribution in [0.2, 0.25) is 0 Å². The van der Waals surface area contributed by atoms with E-state index in [4.69, 9.17) is 0 Å². The van der Waals surface area contributed by atoms with Gasteiger partial charge in [-0.25, -0.2) is 0 Å². The van der Waals surface area contributed by atoms with Crippen LogP contribution in [-0.4, -0.2) is 0 Å². The van der Waals surface area contributed by atoms with Crippen LogP contribution in [0.1, 0.15) is 0 Å². The average Bonchev–Trinajstić information content (AvgIpc) is 3.81. The number of hydrogen-bond acceptors (Lipinski definition) is 0. The molecule has 0 atom stereocenters. The monoisotopic (exact) mass is 622 g/mol. The van der Waals surface area contributed by atoms with Crippen LogP contribution in [-0.2, 0) is 0 Å². The van der Waals surface area contributed by atoms with E-state index >= 15 is 0 Å². The van der Waals surface area contributed by atoms with Gasteiger partial charge < -0.3 is 0 Å². The molecule has 0 fully saturated rings. The second kappa shape index (κ2) is 9.82. The van der Waals surface area contributed by atoms with E-state index in [1.807, 2.05) is 0 Å². The molecular formula is C44H32P2. The van der Waals surface area contributed by atoms with Gasteiger partial charge in [0.15, 0.2) is 0 Å². The first kappa shape index (κ1) is 26.4. The summed E-state index contributed by atoms with van der Waals surface area (Å²) >= 11 is 0. The van der Waals surface area contributed by atoms with Gasteiger partial charge in [-0.1, -0.05) is 0 Å². The molecule has 0 spiro atoms. The summed E-state index contributed by atoms with van der Waals surface area (Å²) in [7, 11) is -5.02. The van der Waals surface area contributed by atoms with Crippen LogP contribution < -0.4 is 42.4 Å². The summed E-state index contributed by atoms with van der Waals surface area (Å²) in [5.74, 6) is 0. The van der Waals surface area contributed by atoms with Gasteiger partial charge in [-0.15, -0.1) is 0 Å². The van der Waals surface area contributed by atoms with Crippen molar-refractivity contribution >= 4 is 78.5 Å². The fraction of sp³-hybridized carbons (Fsp3) is 0. The molecule has 218 valence electrons. The molecule has 0 bridgehead atoms. The predicted octanol–water partition coefficient (Wildman–Crippen LogP) is 6.99. The maximum atomic E-state index is 2.46. The summed E-state index contributed by atoms with van der Waals surface area (Å²) in [6, 6.07) is 68.9. The summed E-state index contributed by atoms with van der Waals surface area (Å²) in [6.45, 7) is 0. The number of hydrogen-bond donors (Lipinski definition) is 0. The third-order valence-corrected chi connectivity index (χ3v) is 20.5. The number of benzene rings is 8. The Kier molecular flexibility index (Phi) is 5.63. The van der Waals surface area contributed by atoms with Crippen molar-refractivity contribution in [1.29, 1.82) is 0 Å². The molecule has 8 aromatic carbocycles. The maximum absolute atomic E-state index is 2.51. The molecule has 2 aliphatic rings. The molecule has 0 unspecified atom stereocenters. The Bertz CT molecular complexity index is 2370. The van der Waals surface area contributed by atoms with Crippen LogP contribution in [0, 0.1) is 0 Å². The summed E-state index contributed by atoms with van der Waals surface area (Å²) < 4.78 is 0. The summed E-state index contributed by atoms with van der Waals surface area (Å²) in [5.41, 5.74) is 2.81. The van der Waals surface area contributed by atoms with E-state index in [0.717, 1.165) is 0 Å². The fourth-order valence-corrected chi connectivity index (χ4v) is 20.5. The Morgan fingerprint density at radius 1 is 0.304 bits per heavy atom. The Labute approximate surface area is 270 Å². The Hall–Kier alpha value is -4.86. The van der Waals surface area contributed by atoms with Crippen LogP contribution in [0.3, 0.4) is 0 Å². The quantitative estimate of drug-likeness (QED) is 0.182. The number of fused-ring (bicyclic) bond motifs is 3. The van der Waals surface area contributed by atoms with Crippen LogP contribution in [0.25, 0.3) is 32.7 Å². The summed E-state index contributed by atoms with van der Waals surface area (Å²) in [5, 5.41) is 18.0. The number of rotatable bonds is 5. The van der Waals surface area contributed by atoms with Crippen LogP contribution in [0.5, 0.6) is 0 Å². The van der Waals surface area contributed by atoms with Crippen molar-refractivity contribution in [1.82, 2.24) is 0 Å². The van der Waals surface area contributed by atoms with Crippen molar-refractivity contribution < 1.29 is 0 Å². The van der Waals surface area contributed by atoms with Gasteiger partial charge in [0.2, 0.25) is 0 Å². The van der Waals surface area contributed by atoms with Gasteiger partial charge in [0.25, 0.3) is 0 Å². The van der Waals surface area contributed by atoms with Crippen LogP contribution in [0.15, 0.2) is 182 Å². The van der Waals surface area contributed by atoms with Crippen molar-refractivity contribution in [2.75, 3.05) is 0 Å². The molecule has 0 nitrogen and oxygen atoms in total. The molecule has 0 saturated heterocycles. The SMILES string of the molecule is c1ccc([PH]2(c3ccccc3)c3c2c2c4c(cccc4c3-c3cccc4ccccc34)[PH]2(c2ccccc2)c2ccccc2)cc1. The standard InChI is InChI=1S/C44H32P2/c1-5-19-32(20-6-1)45(33-21-7-2-8-22-33)39-30-16-29-38-40(37-28-15-18-31-17-13-14-27-36(31)37)42-44(43(45)41(38)39)46(42,34-23-9-3-10-24-34)35-25-11-4-12-26-35/h1-30,45-46H. The third kappa shape index (κ3) is 3.26. The van der Waals surface area contributed by atoms with E-state index in [0.29, 0.717) is 0 Å². The molecule has 2 heterocycles. The van der Waals surface area contributed by atoms with Gasteiger partial charge >= 0.3 is 272 Å². The Balaban J connectivity index is 1.43. The van der Waals surface area contributed by atoms with E-state index in [1.54, 1.807) is 21.2 Å². The second-order valence-corrected chi connectivity index (χ2v) is 20.1. The third-order valence-electron chi connectivity index (χ3n) is 10.7. The molecule has 0 radical (unpaired) electrons. The molecule has 2 aliphatic heterocycles. The molecule has 0 N–H and O–H groups in total. The van der Waals surface area contributed by atoms with E-state index < -0.39 is 14.5 Å². The van der Waals surface area contributed by atoms with Crippen molar-refractivity contribution in [3.05, 3.63) is 182 Å². The van der Waals surface area contributed by atoms with Gasteiger partial charge in [-0.05, 0) is 0 Å². The minimum atomic E-state index is -2.51. The van der Waals surface area contributed by atoms with Crippen LogP contribution >= 0.6 is 14.5 Å². The zero-order valence-electron chi connectivity index (χ0n) is 25.3. The van der Waals surface area contributed by atoms with Crippen LogP contribution in [0.4, 0.5) is 0 Å². The molecule has 0 aromatic heterocycles. The topological polar surface area (TPSA) is 0 Å². The van der Waals surface area contributed by atoms with E-state index in [2.05, 4.69) is 182 Å². The molecular weight excluding hydrogens is 590 g/mol. The molecule has 8 aromatic rings. The molecule has 46 heavy (non-hydrogen) atoms. The summed E-state index contributed by atoms with van der Waals surface area (Å²) in [4.78, 5) is 0. The van der Waals surface area contributed by atoms with Crippen molar-refractivity contribution in [3.8, 4) is 11.1 Å². The Morgan fingerprint density at radius 3 is 1.35 bits per heavy atom. The predicted molar refractivity (Wildman–Crippen MR) is 206 cm³/mol. The van der Waals surface area contributed by atoms with Gasteiger partial charge in [-0.3, -0.25) is 0 Å². The minimum absolute atomic E-state index is 1.30. The van der Waals surface area contributed by atoms with Gasteiger partial charge in [-0.2, -0.15) is 0 Å². The molecule has 0 aliphatic carbocycles. The molecule has 0 amide bonds. The fourth-order valence-electron chi connectivity index (χ4n) is 8.94. The first-order chi connectivity index (χ1) is 22.9. The second-order valence-electron chi connectivity index (χ2n) is 12.7. The molecule has 10 rings (SSSR count). The van der Waals surface area contributed by atoms with Gasteiger partial charge in [0, 0.05) is 0 Å². The Morgan fingerprint density at radius 2 is 0.761 bits per heavy atom. The molecule has 2 heteroatoms. The van der Waals surface area contributed by atoms with E-state index in [9.17, 15) is 0 Å². The van der Waals surface area contributed by atoms with E-state index in [-0.39, 0.29) is 0 Å². The van der Waals surface area contributed by atoms with Crippen molar-refractivity contribution in [2.45, 2.75) is 0 Å². The normalized spacial score (nSPS) is 16.3. The van der Waals surface area contributed by atoms with Crippen molar-refractivity contribution in [3.63, 3.8) is 0 Å². The zero-order chi connectivity index (χ0) is 30.3. The first-order valence-electron chi connectivity index (χ1n) is 16.2. The zero-order valence-corrected chi connectivity index (χ0v) is 27.3. The van der Waals surface area contributed by atoms with Gasteiger partial charge in [0.1, 0.15) is 0 Å². The average molecular weight is 623 g/mol. The summed E-state index contributed by atoms with van der Waals surface area (Å²) in [6.07, 6.45) is 0. The van der Waals surface area contributed by atoms with Gasteiger partial charge in [0.05, 0.1) is 0 Å².